The first-order valence-electron chi connectivity index (χ1n) is 6.81. The van der Waals surface area contributed by atoms with E-state index in [0.717, 1.165) is 37.5 Å². The first-order chi connectivity index (χ1) is 9.62. The molecule has 2 rings (SSSR count). The van der Waals surface area contributed by atoms with E-state index in [1.54, 1.807) is 7.11 Å². The molecule has 1 aromatic carbocycles. The number of esters is 1. The molecule has 0 aliphatic carbocycles. The molecule has 1 atom stereocenters. The smallest absolute Gasteiger partial charge is 0.330 e. The average Bonchev–Trinajstić information content (AvgIpc) is 2.54. The molecule has 1 saturated heterocycles. The summed E-state index contributed by atoms with van der Waals surface area (Å²) < 4.78 is 10.2. The van der Waals surface area contributed by atoms with Gasteiger partial charge in [-0.25, -0.2) is 4.79 Å². The van der Waals surface area contributed by atoms with Crippen molar-refractivity contribution in [1.29, 1.82) is 0 Å². The van der Waals surface area contributed by atoms with Crippen molar-refractivity contribution in [3.8, 4) is 5.75 Å². The third-order valence-electron chi connectivity index (χ3n) is 3.98. The number of hydrogen-bond acceptors (Lipinski definition) is 5. The second-order valence-corrected chi connectivity index (χ2v) is 5.03. The van der Waals surface area contributed by atoms with Crippen molar-refractivity contribution in [3.63, 3.8) is 0 Å². The van der Waals surface area contributed by atoms with Crippen LogP contribution < -0.4 is 10.1 Å². The Hall–Kier alpha value is -1.59. The number of hydrogen-bond donors (Lipinski definition) is 1. The second kappa shape index (κ2) is 6.24. The summed E-state index contributed by atoms with van der Waals surface area (Å²) in [6, 6.07) is 7.60. The Morgan fingerprint density at radius 3 is 2.30 bits per heavy atom. The fourth-order valence-corrected chi connectivity index (χ4v) is 2.66. The fourth-order valence-electron chi connectivity index (χ4n) is 2.66. The van der Waals surface area contributed by atoms with Crippen LogP contribution in [0.4, 0.5) is 0 Å². The Bertz CT molecular complexity index is 455. The molecule has 20 heavy (non-hydrogen) atoms. The van der Waals surface area contributed by atoms with Crippen LogP contribution in [0.25, 0.3) is 0 Å². The molecule has 5 heteroatoms. The number of carbonyl (C=O) groups excluding carboxylic acids is 1. The maximum Gasteiger partial charge on any atom is 0.330 e. The summed E-state index contributed by atoms with van der Waals surface area (Å²) in [4.78, 5) is 14.5. The number of ether oxygens (including phenoxy) is 2. The lowest BCUT2D eigenvalue weighted by Gasteiger charge is -2.41. The van der Waals surface area contributed by atoms with E-state index in [-0.39, 0.29) is 5.97 Å². The zero-order valence-electron chi connectivity index (χ0n) is 12.3. The van der Waals surface area contributed by atoms with Gasteiger partial charge in [0.25, 0.3) is 0 Å². The molecule has 0 saturated carbocycles. The zero-order valence-corrected chi connectivity index (χ0v) is 12.3. The van der Waals surface area contributed by atoms with E-state index in [1.807, 2.05) is 31.2 Å². The third kappa shape index (κ3) is 2.64. The number of benzene rings is 1. The van der Waals surface area contributed by atoms with E-state index in [0.29, 0.717) is 0 Å². The van der Waals surface area contributed by atoms with E-state index < -0.39 is 5.54 Å². The summed E-state index contributed by atoms with van der Waals surface area (Å²) in [6.45, 7) is 5.31. The molecule has 110 valence electrons. The van der Waals surface area contributed by atoms with E-state index in [9.17, 15) is 4.79 Å². The Kier molecular flexibility index (Phi) is 4.62. The van der Waals surface area contributed by atoms with Crippen LogP contribution in [0.1, 0.15) is 12.5 Å². The maximum atomic E-state index is 12.4. The van der Waals surface area contributed by atoms with E-state index in [2.05, 4.69) is 10.2 Å². The van der Waals surface area contributed by atoms with Crippen LogP contribution in [0.2, 0.25) is 0 Å². The van der Waals surface area contributed by atoms with E-state index >= 15 is 0 Å². The van der Waals surface area contributed by atoms with Crippen molar-refractivity contribution in [1.82, 2.24) is 10.2 Å². The number of nitrogens with one attached hydrogen (secondary N) is 1. The fraction of sp³-hybridized carbons (Fsp3) is 0.533. The van der Waals surface area contributed by atoms with Gasteiger partial charge in [-0.05, 0) is 24.6 Å². The number of nitrogens with zero attached hydrogens (tertiary/aromatic N) is 1. The highest BCUT2D eigenvalue weighted by Crippen LogP contribution is 2.31. The summed E-state index contributed by atoms with van der Waals surface area (Å²) in [5, 5.41) is 3.30. The lowest BCUT2D eigenvalue weighted by atomic mass is 9.89. The molecular weight excluding hydrogens is 256 g/mol. The molecule has 0 bridgehead atoms. The topological polar surface area (TPSA) is 50.8 Å². The molecule has 1 heterocycles. The first-order valence-corrected chi connectivity index (χ1v) is 6.81. The number of methoxy groups -OCH3 is 2. The summed E-state index contributed by atoms with van der Waals surface area (Å²) in [6.07, 6.45) is 0. The number of piperazine rings is 1. The van der Waals surface area contributed by atoms with Crippen molar-refractivity contribution < 1.29 is 14.3 Å². The highest BCUT2D eigenvalue weighted by Gasteiger charge is 2.42. The van der Waals surface area contributed by atoms with Crippen molar-refractivity contribution in [3.05, 3.63) is 29.8 Å². The van der Waals surface area contributed by atoms with Crippen LogP contribution >= 0.6 is 0 Å². The second-order valence-electron chi connectivity index (χ2n) is 5.03. The van der Waals surface area contributed by atoms with Crippen LogP contribution in [0.15, 0.2) is 24.3 Å². The molecule has 5 nitrogen and oxygen atoms in total. The van der Waals surface area contributed by atoms with E-state index in [1.165, 1.54) is 7.11 Å². The third-order valence-corrected chi connectivity index (χ3v) is 3.98. The van der Waals surface area contributed by atoms with Gasteiger partial charge in [-0.15, -0.1) is 0 Å². The van der Waals surface area contributed by atoms with Gasteiger partial charge in [0.15, 0.2) is 0 Å². The molecule has 1 unspecified atom stereocenters. The molecule has 0 radical (unpaired) electrons. The highest BCUT2D eigenvalue weighted by molar-refractivity contribution is 5.82. The van der Waals surface area contributed by atoms with Crippen LogP contribution in [-0.2, 0) is 15.1 Å². The summed E-state index contributed by atoms with van der Waals surface area (Å²) in [5.74, 6) is 0.547. The van der Waals surface area contributed by atoms with Crippen LogP contribution in [0, 0.1) is 0 Å². The van der Waals surface area contributed by atoms with Crippen LogP contribution in [-0.4, -0.2) is 51.3 Å². The Balaban J connectivity index is 2.36. The van der Waals surface area contributed by atoms with Crippen LogP contribution in [0.5, 0.6) is 5.75 Å². The van der Waals surface area contributed by atoms with Crippen molar-refractivity contribution in [2.75, 3.05) is 40.4 Å². The number of carbonyl (C=O) groups is 1. The Labute approximate surface area is 119 Å². The molecule has 1 aromatic rings. The van der Waals surface area contributed by atoms with Gasteiger partial charge in [-0.3, -0.25) is 4.90 Å². The van der Waals surface area contributed by atoms with Gasteiger partial charge < -0.3 is 14.8 Å². The Morgan fingerprint density at radius 1 is 1.20 bits per heavy atom. The molecule has 0 spiro atoms. The summed E-state index contributed by atoms with van der Waals surface area (Å²) >= 11 is 0. The SMILES string of the molecule is COC(=O)C(C)(c1ccc(OC)cc1)N1CCNCC1. The lowest BCUT2D eigenvalue weighted by molar-refractivity contribution is -0.155. The molecule has 1 aliphatic rings. The molecule has 1 fully saturated rings. The van der Waals surface area contributed by atoms with Gasteiger partial charge in [0.1, 0.15) is 11.3 Å². The summed E-state index contributed by atoms with van der Waals surface area (Å²) in [5.41, 5.74) is 0.162. The van der Waals surface area contributed by atoms with E-state index in [4.69, 9.17) is 9.47 Å². The summed E-state index contributed by atoms with van der Waals surface area (Å²) in [7, 11) is 3.07. The van der Waals surface area contributed by atoms with Gasteiger partial charge in [-0.1, -0.05) is 12.1 Å². The largest absolute Gasteiger partial charge is 0.497 e. The highest BCUT2D eigenvalue weighted by atomic mass is 16.5. The molecule has 0 amide bonds. The van der Waals surface area contributed by atoms with Gasteiger partial charge in [0.05, 0.1) is 14.2 Å². The molecule has 1 N–H and O–H groups in total. The van der Waals surface area contributed by atoms with Gasteiger partial charge in [0.2, 0.25) is 0 Å². The van der Waals surface area contributed by atoms with Crippen molar-refractivity contribution >= 4 is 5.97 Å². The van der Waals surface area contributed by atoms with Gasteiger partial charge in [-0.2, -0.15) is 0 Å². The normalized spacial score (nSPS) is 19.1. The minimum absolute atomic E-state index is 0.232. The monoisotopic (exact) mass is 278 g/mol. The first kappa shape index (κ1) is 14.8. The predicted molar refractivity (Wildman–Crippen MR) is 76.8 cm³/mol. The predicted octanol–water partition coefficient (Wildman–Crippen LogP) is 0.989. The quantitative estimate of drug-likeness (QED) is 0.832. The minimum atomic E-state index is -0.761. The lowest BCUT2D eigenvalue weighted by Crippen LogP contribution is -2.57. The average molecular weight is 278 g/mol. The van der Waals surface area contributed by atoms with Gasteiger partial charge in [0, 0.05) is 26.2 Å². The van der Waals surface area contributed by atoms with Crippen LogP contribution in [0.3, 0.4) is 0 Å². The van der Waals surface area contributed by atoms with Gasteiger partial charge >= 0.3 is 5.97 Å². The Morgan fingerprint density at radius 2 is 1.80 bits per heavy atom. The maximum absolute atomic E-state index is 12.4. The zero-order chi connectivity index (χ0) is 14.6. The number of rotatable bonds is 4. The van der Waals surface area contributed by atoms with Crippen molar-refractivity contribution in [2.24, 2.45) is 0 Å². The molecular formula is C15H22N2O3. The molecule has 0 aromatic heterocycles. The molecule has 1 aliphatic heterocycles. The minimum Gasteiger partial charge on any atom is -0.497 e. The standard InChI is InChI=1S/C15H22N2O3/c1-15(14(18)20-3,17-10-8-16-9-11-17)12-4-6-13(19-2)7-5-12/h4-7,16H,8-11H2,1-3H3. The van der Waals surface area contributed by atoms with Crippen molar-refractivity contribution in [2.45, 2.75) is 12.5 Å².